The van der Waals surface area contributed by atoms with Gasteiger partial charge in [0.05, 0.1) is 24.7 Å². The number of nitrogens with one attached hydrogen (secondary N) is 1. The standard InChI is InChI=1S/C21H28N4O2S2/c1-17-4-2-3-5-18(17)25-8-7-22-20(25)29-14-19(26)23-15-21(6-13-28-16-21)24-9-11-27-12-10-24/h2-5,7-8H,6,9-16H2,1H3,(H,23,26). The van der Waals surface area contributed by atoms with Crippen molar-refractivity contribution in [3.63, 3.8) is 0 Å². The summed E-state index contributed by atoms with van der Waals surface area (Å²) in [5, 5.41) is 4.04. The summed E-state index contributed by atoms with van der Waals surface area (Å²) >= 11 is 3.47. The summed E-state index contributed by atoms with van der Waals surface area (Å²) in [6.45, 7) is 6.29. The van der Waals surface area contributed by atoms with E-state index in [9.17, 15) is 4.79 Å². The molecule has 156 valence electrons. The molecule has 1 N–H and O–H groups in total. The molecule has 3 heterocycles. The lowest BCUT2D eigenvalue weighted by Crippen LogP contribution is -2.59. The van der Waals surface area contributed by atoms with Crippen LogP contribution in [0.25, 0.3) is 5.69 Å². The SMILES string of the molecule is Cc1ccccc1-n1ccnc1SCC(=O)NCC1(N2CCOCC2)CCSC1. The molecule has 1 aromatic heterocycles. The molecule has 1 amide bonds. The fraction of sp³-hybridized carbons (Fsp3) is 0.524. The predicted octanol–water partition coefficient (Wildman–Crippen LogP) is 2.60. The summed E-state index contributed by atoms with van der Waals surface area (Å²) in [4.78, 5) is 19.6. The van der Waals surface area contributed by atoms with Crippen molar-refractivity contribution in [1.29, 1.82) is 0 Å². The first-order chi connectivity index (χ1) is 14.2. The quantitative estimate of drug-likeness (QED) is 0.679. The molecule has 0 bridgehead atoms. The maximum atomic E-state index is 12.6. The highest BCUT2D eigenvalue weighted by Gasteiger charge is 2.40. The molecule has 2 saturated heterocycles. The zero-order chi connectivity index (χ0) is 20.1. The Morgan fingerprint density at radius 1 is 1.34 bits per heavy atom. The van der Waals surface area contributed by atoms with E-state index in [0.717, 1.165) is 55.1 Å². The van der Waals surface area contributed by atoms with Crippen molar-refractivity contribution in [3.8, 4) is 5.69 Å². The third-order valence-corrected chi connectivity index (χ3v) is 7.89. The van der Waals surface area contributed by atoms with Crippen LogP contribution in [0, 0.1) is 6.92 Å². The van der Waals surface area contributed by atoms with Gasteiger partial charge in [-0.3, -0.25) is 14.3 Å². The number of amides is 1. The maximum absolute atomic E-state index is 12.6. The predicted molar refractivity (Wildman–Crippen MR) is 119 cm³/mol. The maximum Gasteiger partial charge on any atom is 0.230 e. The number of hydrogen-bond donors (Lipinski definition) is 1. The van der Waals surface area contributed by atoms with E-state index in [1.807, 2.05) is 30.1 Å². The van der Waals surface area contributed by atoms with Gasteiger partial charge in [-0.2, -0.15) is 11.8 Å². The monoisotopic (exact) mass is 432 g/mol. The van der Waals surface area contributed by atoms with E-state index in [-0.39, 0.29) is 11.4 Å². The normalized spacial score (nSPS) is 22.7. The molecule has 2 aliphatic heterocycles. The number of rotatable bonds is 7. The number of nitrogens with zero attached hydrogens (tertiary/aromatic N) is 3. The van der Waals surface area contributed by atoms with Gasteiger partial charge in [-0.05, 0) is 30.7 Å². The van der Waals surface area contributed by atoms with Crippen molar-refractivity contribution in [2.45, 2.75) is 24.0 Å². The van der Waals surface area contributed by atoms with Crippen LogP contribution < -0.4 is 5.32 Å². The Labute approximate surface area is 180 Å². The smallest absolute Gasteiger partial charge is 0.230 e. The van der Waals surface area contributed by atoms with Gasteiger partial charge in [0.2, 0.25) is 5.91 Å². The van der Waals surface area contributed by atoms with Crippen LogP contribution in [0.5, 0.6) is 0 Å². The number of thioether (sulfide) groups is 2. The number of para-hydroxylation sites is 1. The third-order valence-electron chi connectivity index (χ3n) is 5.69. The summed E-state index contributed by atoms with van der Waals surface area (Å²) in [7, 11) is 0. The molecule has 8 heteroatoms. The van der Waals surface area contributed by atoms with Crippen LogP contribution >= 0.6 is 23.5 Å². The molecule has 1 aromatic carbocycles. The van der Waals surface area contributed by atoms with Crippen molar-refractivity contribution < 1.29 is 9.53 Å². The molecule has 0 spiro atoms. The van der Waals surface area contributed by atoms with Crippen LogP contribution in [0.2, 0.25) is 0 Å². The van der Waals surface area contributed by atoms with E-state index in [0.29, 0.717) is 12.3 Å². The van der Waals surface area contributed by atoms with Crippen molar-refractivity contribution in [3.05, 3.63) is 42.2 Å². The summed E-state index contributed by atoms with van der Waals surface area (Å²) in [5.74, 6) is 2.68. The third kappa shape index (κ3) is 4.82. The average molecular weight is 433 g/mol. The van der Waals surface area contributed by atoms with Crippen molar-refractivity contribution >= 4 is 29.4 Å². The molecular formula is C21H28N4O2S2. The summed E-state index contributed by atoms with van der Waals surface area (Å²) in [6.07, 6.45) is 4.87. The lowest BCUT2D eigenvalue weighted by molar-refractivity contribution is -0.119. The summed E-state index contributed by atoms with van der Waals surface area (Å²) in [6, 6.07) is 8.21. The van der Waals surface area contributed by atoms with Gasteiger partial charge in [0, 0.05) is 43.3 Å². The van der Waals surface area contributed by atoms with Gasteiger partial charge in [-0.15, -0.1) is 0 Å². The number of hydrogen-bond acceptors (Lipinski definition) is 6. The van der Waals surface area contributed by atoms with E-state index in [4.69, 9.17) is 4.74 Å². The molecule has 2 aromatic rings. The molecule has 4 rings (SSSR count). The van der Waals surface area contributed by atoms with Crippen LogP contribution in [0.1, 0.15) is 12.0 Å². The van der Waals surface area contributed by atoms with E-state index in [1.54, 1.807) is 6.20 Å². The van der Waals surface area contributed by atoms with E-state index >= 15 is 0 Å². The zero-order valence-corrected chi connectivity index (χ0v) is 18.4. The lowest BCUT2D eigenvalue weighted by Gasteiger charge is -2.43. The average Bonchev–Trinajstić information content (AvgIpc) is 3.42. The number of imidazole rings is 1. The first kappa shape index (κ1) is 20.8. The molecule has 2 fully saturated rings. The highest BCUT2D eigenvalue weighted by Crippen LogP contribution is 2.33. The molecule has 1 unspecified atom stereocenters. The first-order valence-electron chi connectivity index (χ1n) is 10.1. The van der Waals surface area contributed by atoms with Gasteiger partial charge in [0.25, 0.3) is 0 Å². The van der Waals surface area contributed by atoms with E-state index in [1.165, 1.54) is 17.3 Å². The Hall–Kier alpha value is -1.48. The van der Waals surface area contributed by atoms with E-state index < -0.39 is 0 Å². The Balaban J connectivity index is 1.34. The lowest BCUT2D eigenvalue weighted by atomic mass is 9.95. The van der Waals surface area contributed by atoms with Gasteiger partial charge in [-0.1, -0.05) is 30.0 Å². The molecule has 1 atom stereocenters. The highest BCUT2D eigenvalue weighted by atomic mass is 32.2. The summed E-state index contributed by atoms with van der Waals surface area (Å²) in [5.41, 5.74) is 2.36. The van der Waals surface area contributed by atoms with Gasteiger partial charge < -0.3 is 10.1 Å². The number of carbonyl (C=O) groups excluding carboxylic acids is 1. The topological polar surface area (TPSA) is 59.4 Å². The summed E-state index contributed by atoms with van der Waals surface area (Å²) < 4.78 is 7.57. The van der Waals surface area contributed by atoms with Gasteiger partial charge >= 0.3 is 0 Å². The Bertz CT molecular complexity index is 830. The van der Waals surface area contributed by atoms with Gasteiger partial charge in [0.15, 0.2) is 5.16 Å². The number of aromatic nitrogens is 2. The second kappa shape index (κ2) is 9.55. The van der Waals surface area contributed by atoms with Crippen molar-refractivity contribution in [2.24, 2.45) is 0 Å². The van der Waals surface area contributed by atoms with Crippen LogP contribution in [0.4, 0.5) is 0 Å². The Kier molecular flexibility index (Phi) is 6.85. The number of ether oxygens (including phenoxy) is 1. The zero-order valence-electron chi connectivity index (χ0n) is 16.8. The van der Waals surface area contributed by atoms with Crippen LogP contribution in [-0.2, 0) is 9.53 Å². The number of morpholine rings is 1. The van der Waals surface area contributed by atoms with Crippen LogP contribution in [0.3, 0.4) is 0 Å². The van der Waals surface area contributed by atoms with Gasteiger partial charge in [0.1, 0.15) is 0 Å². The number of benzene rings is 1. The number of carbonyl (C=O) groups is 1. The minimum absolute atomic E-state index is 0.0684. The Morgan fingerprint density at radius 2 is 2.17 bits per heavy atom. The molecule has 6 nitrogen and oxygen atoms in total. The molecular weight excluding hydrogens is 404 g/mol. The second-order valence-electron chi connectivity index (χ2n) is 7.56. The Morgan fingerprint density at radius 3 is 2.93 bits per heavy atom. The fourth-order valence-electron chi connectivity index (χ4n) is 3.99. The minimum Gasteiger partial charge on any atom is -0.379 e. The minimum atomic E-state index is 0.0684. The first-order valence-corrected chi connectivity index (χ1v) is 12.2. The van der Waals surface area contributed by atoms with Crippen molar-refractivity contribution in [2.75, 3.05) is 50.1 Å². The largest absolute Gasteiger partial charge is 0.379 e. The van der Waals surface area contributed by atoms with Gasteiger partial charge in [-0.25, -0.2) is 4.98 Å². The number of aryl methyl sites for hydroxylation is 1. The highest BCUT2D eigenvalue weighted by molar-refractivity contribution is 8.00. The van der Waals surface area contributed by atoms with E-state index in [2.05, 4.69) is 38.8 Å². The van der Waals surface area contributed by atoms with Crippen LogP contribution in [0.15, 0.2) is 41.8 Å². The molecule has 0 aliphatic carbocycles. The van der Waals surface area contributed by atoms with Crippen molar-refractivity contribution in [1.82, 2.24) is 19.8 Å². The van der Waals surface area contributed by atoms with Crippen LogP contribution in [-0.4, -0.2) is 76.0 Å². The molecule has 0 radical (unpaired) electrons. The second-order valence-corrected chi connectivity index (χ2v) is 9.61. The molecule has 0 saturated carbocycles. The molecule has 29 heavy (non-hydrogen) atoms. The molecule has 2 aliphatic rings. The fourth-order valence-corrected chi connectivity index (χ4v) is 6.27.